The Morgan fingerprint density at radius 1 is 1.04 bits per heavy atom. The molecule has 0 radical (unpaired) electrons. The molecule has 27 heavy (non-hydrogen) atoms. The van der Waals surface area contributed by atoms with Gasteiger partial charge in [-0.3, -0.25) is 0 Å². The van der Waals surface area contributed by atoms with Gasteiger partial charge in [0, 0.05) is 29.6 Å². The van der Waals surface area contributed by atoms with Crippen LogP contribution in [0.3, 0.4) is 0 Å². The van der Waals surface area contributed by atoms with Crippen molar-refractivity contribution in [1.82, 2.24) is 25.0 Å². The van der Waals surface area contributed by atoms with Crippen molar-refractivity contribution in [3.8, 4) is 16.4 Å². The van der Waals surface area contributed by atoms with Crippen LogP contribution >= 0.6 is 11.3 Å². The Bertz CT molecular complexity index is 1020. The molecule has 0 aliphatic heterocycles. The fraction of sp³-hybridized carbons (Fsp3) is 0.200. The van der Waals surface area contributed by atoms with E-state index in [1.807, 2.05) is 50.2 Å². The molecule has 0 saturated carbocycles. The van der Waals surface area contributed by atoms with Gasteiger partial charge in [-0.25, -0.2) is 9.67 Å². The van der Waals surface area contributed by atoms with Crippen molar-refractivity contribution in [3.63, 3.8) is 0 Å². The number of anilines is 1. The first-order valence-corrected chi connectivity index (χ1v) is 9.68. The van der Waals surface area contributed by atoms with E-state index in [1.165, 1.54) is 0 Å². The Balaban J connectivity index is 1.34. The van der Waals surface area contributed by atoms with Crippen molar-refractivity contribution in [1.29, 1.82) is 0 Å². The Hall–Kier alpha value is -3.06. The Morgan fingerprint density at radius 2 is 1.89 bits per heavy atom. The van der Waals surface area contributed by atoms with E-state index in [4.69, 9.17) is 4.98 Å². The zero-order chi connectivity index (χ0) is 18.6. The van der Waals surface area contributed by atoms with Gasteiger partial charge in [-0.05, 0) is 32.0 Å². The average molecular weight is 376 g/mol. The second kappa shape index (κ2) is 7.67. The summed E-state index contributed by atoms with van der Waals surface area (Å²) in [7, 11) is 0. The summed E-state index contributed by atoms with van der Waals surface area (Å²) in [5.74, 6) is 1.47. The number of thiazole rings is 1. The molecule has 136 valence electrons. The summed E-state index contributed by atoms with van der Waals surface area (Å²) >= 11 is 1.68. The van der Waals surface area contributed by atoms with Crippen molar-refractivity contribution in [2.45, 2.75) is 20.3 Å². The van der Waals surface area contributed by atoms with E-state index in [9.17, 15) is 0 Å². The van der Waals surface area contributed by atoms with Gasteiger partial charge >= 0.3 is 0 Å². The maximum atomic E-state index is 4.71. The van der Waals surface area contributed by atoms with Crippen LogP contribution in [-0.4, -0.2) is 31.5 Å². The highest BCUT2D eigenvalue weighted by molar-refractivity contribution is 7.13. The zero-order valence-corrected chi connectivity index (χ0v) is 16.1. The molecule has 0 atom stereocenters. The van der Waals surface area contributed by atoms with Crippen LogP contribution < -0.4 is 5.32 Å². The third kappa shape index (κ3) is 4.03. The van der Waals surface area contributed by atoms with Crippen LogP contribution in [0, 0.1) is 13.8 Å². The first-order valence-electron chi connectivity index (χ1n) is 8.80. The largest absolute Gasteiger partial charge is 0.368 e. The van der Waals surface area contributed by atoms with Gasteiger partial charge in [-0.2, -0.15) is 5.10 Å². The minimum Gasteiger partial charge on any atom is -0.368 e. The second-order valence-corrected chi connectivity index (χ2v) is 7.16. The SMILES string of the molecule is Cc1cc(C)n(-c2ccc(NCCc3csc(-c4ccccc4)n3)nn2)n1. The molecule has 4 aromatic rings. The van der Waals surface area contributed by atoms with Crippen molar-refractivity contribution in [2.75, 3.05) is 11.9 Å². The maximum absolute atomic E-state index is 4.71. The summed E-state index contributed by atoms with van der Waals surface area (Å²) < 4.78 is 1.80. The van der Waals surface area contributed by atoms with Gasteiger partial charge in [0.15, 0.2) is 5.82 Å². The summed E-state index contributed by atoms with van der Waals surface area (Å²) in [6.45, 7) is 4.73. The topological polar surface area (TPSA) is 68.5 Å². The van der Waals surface area contributed by atoms with Crippen LogP contribution in [0.25, 0.3) is 16.4 Å². The molecular weight excluding hydrogens is 356 g/mol. The number of aromatic nitrogens is 5. The molecule has 0 unspecified atom stereocenters. The zero-order valence-electron chi connectivity index (χ0n) is 15.3. The third-order valence-electron chi connectivity index (χ3n) is 4.14. The van der Waals surface area contributed by atoms with Gasteiger partial charge in [0.05, 0.1) is 11.4 Å². The number of nitrogens with one attached hydrogen (secondary N) is 1. The van der Waals surface area contributed by atoms with Gasteiger partial charge < -0.3 is 5.32 Å². The maximum Gasteiger partial charge on any atom is 0.176 e. The van der Waals surface area contributed by atoms with Crippen LogP contribution in [0.15, 0.2) is 53.9 Å². The van der Waals surface area contributed by atoms with E-state index in [0.717, 1.165) is 52.3 Å². The minimum absolute atomic E-state index is 0.721. The first-order chi connectivity index (χ1) is 13.2. The molecule has 0 bridgehead atoms. The summed E-state index contributed by atoms with van der Waals surface area (Å²) in [5, 5.41) is 19.4. The molecule has 0 saturated heterocycles. The third-order valence-corrected chi connectivity index (χ3v) is 5.08. The molecule has 4 rings (SSSR count). The van der Waals surface area contributed by atoms with E-state index >= 15 is 0 Å². The minimum atomic E-state index is 0.721. The predicted molar refractivity (Wildman–Crippen MR) is 108 cm³/mol. The van der Waals surface area contributed by atoms with Crippen LogP contribution in [-0.2, 0) is 6.42 Å². The molecule has 1 N–H and O–H groups in total. The van der Waals surface area contributed by atoms with E-state index < -0.39 is 0 Å². The molecule has 0 aliphatic carbocycles. The molecule has 1 aromatic carbocycles. The summed E-state index contributed by atoms with van der Waals surface area (Å²) in [4.78, 5) is 4.71. The Morgan fingerprint density at radius 3 is 2.59 bits per heavy atom. The molecule has 0 amide bonds. The molecular formula is C20H20N6S. The van der Waals surface area contributed by atoms with Crippen molar-refractivity contribution < 1.29 is 0 Å². The highest BCUT2D eigenvalue weighted by Gasteiger charge is 2.07. The van der Waals surface area contributed by atoms with E-state index in [0.29, 0.717) is 0 Å². The quantitative estimate of drug-likeness (QED) is 0.550. The van der Waals surface area contributed by atoms with E-state index in [2.05, 4.69) is 38.1 Å². The lowest BCUT2D eigenvalue weighted by Gasteiger charge is -2.06. The Labute approximate surface area is 161 Å². The summed E-state index contributed by atoms with van der Waals surface area (Å²) in [6, 6.07) is 16.1. The normalized spacial score (nSPS) is 10.9. The van der Waals surface area contributed by atoms with Crippen LogP contribution in [0.2, 0.25) is 0 Å². The first kappa shape index (κ1) is 17.4. The average Bonchev–Trinajstić information content (AvgIpc) is 3.29. The fourth-order valence-electron chi connectivity index (χ4n) is 2.85. The van der Waals surface area contributed by atoms with Gasteiger partial charge in [0.1, 0.15) is 10.8 Å². The smallest absolute Gasteiger partial charge is 0.176 e. The number of hydrogen-bond donors (Lipinski definition) is 1. The summed E-state index contributed by atoms with van der Waals surface area (Å²) in [6.07, 6.45) is 0.838. The van der Waals surface area contributed by atoms with Gasteiger partial charge in [0.25, 0.3) is 0 Å². The Kier molecular flexibility index (Phi) is 4.93. The number of aryl methyl sites for hydroxylation is 2. The van der Waals surface area contributed by atoms with E-state index in [-0.39, 0.29) is 0 Å². The van der Waals surface area contributed by atoms with Crippen LogP contribution in [0.4, 0.5) is 5.82 Å². The lowest BCUT2D eigenvalue weighted by molar-refractivity contribution is 0.781. The molecule has 3 heterocycles. The lowest BCUT2D eigenvalue weighted by Crippen LogP contribution is -2.09. The van der Waals surface area contributed by atoms with E-state index in [1.54, 1.807) is 16.0 Å². The number of nitrogens with zero attached hydrogens (tertiary/aromatic N) is 5. The van der Waals surface area contributed by atoms with Gasteiger partial charge in [-0.1, -0.05) is 30.3 Å². The van der Waals surface area contributed by atoms with Crippen molar-refractivity contribution >= 4 is 17.2 Å². The van der Waals surface area contributed by atoms with Crippen LogP contribution in [0.5, 0.6) is 0 Å². The molecule has 7 heteroatoms. The summed E-state index contributed by atoms with van der Waals surface area (Å²) in [5.41, 5.74) is 4.25. The fourth-order valence-corrected chi connectivity index (χ4v) is 3.71. The molecule has 6 nitrogen and oxygen atoms in total. The van der Waals surface area contributed by atoms with Crippen molar-refractivity contribution in [3.05, 3.63) is 71.0 Å². The van der Waals surface area contributed by atoms with Crippen molar-refractivity contribution in [2.24, 2.45) is 0 Å². The number of hydrogen-bond acceptors (Lipinski definition) is 6. The monoisotopic (exact) mass is 376 g/mol. The van der Waals surface area contributed by atoms with Crippen LogP contribution in [0.1, 0.15) is 17.1 Å². The molecule has 0 spiro atoms. The highest BCUT2D eigenvalue weighted by Crippen LogP contribution is 2.23. The van der Waals surface area contributed by atoms with Gasteiger partial charge in [-0.15, -0.1) is 21.5 Å². The highest BCUT2D eigenvalue weighted by atomic mass is 32.1. The standard InChI is InChI=1S/C20H20N6S/c1-14-12-15(2)26(25-14)19-9-8-18(23-24-19)21-11-10-17-13-27-20(22-17)16-6-4-3-5-7-16/h3-9,12-13H,10-11H2,1-2H3,(H,21,23). The molecule has 3 aromatic heterocycles. The number of benzene rings is 1. The predicted octanol–water partition coefficient (Wildman–Crippen LogP) is 4.06. The second-order valence-electron chi connectivity index (χ2n) is 6.30. The lowest BCUT2D eigenvalue weighted by atomic mass is 10.2. The van der Waals surface area contributed by atoms with Gasteiger partial charge in [0.2, 0.25) is 0 Å². The number of rotatable bonds is 6. The molecule has 0 aliphatic rings. The molecule has 0 fully saturated rings.